The van der Waals surface area contributed by atoms with Gasteiger partial charge in [0.15, 0.2) is 0 Å². The maximum Gasteiger partial charge on any atom is 0.131 e. The van der Waals surface area contributed by atoms with Gasteiger partial charge in [-0.3, -0.25) is 0 Å². The van der Waals surface area contributed by atoms with E-state index in [9.17, 15) is 4.39 Å². The van der Waals surface area contributed by atoms with Gasteiger partial charge in [-0.25, -0.2) is 4.39 Å². The molecule has 0 radical (unpaired) electrons. The molecule has 2 aromatic carbocycles. The standard InChI is InChI=1S/C16H13F/c1-4-13-8-9-15(17)14(10-13)16-11(2)6-5-7-12(16)3/h1,5-10H,2-3H3. The summed E-state index contributed by atoms with van der Waals surface area (Å²) in [5.41, 5.74) is 4.32. The van der Waals surface area contributed by atoms with Gasteiger partial charge in [-0.2, -0.15) is 0 Å². The molecule has 0 nitrogen and oxygen atoms in total. The van der Waals surface area contributed by atoms with E-state index in [1.807, 2.05) is 32.0 Å². The lowest BCUT2D eigenvalue weighted by Gasteiger charge is -2.11. The van der Waals surface area contributed by atoms with Crippen LogP contribution in [0.4, 0.5) is 4.39 Å². The van der Waals surface area contributed by atoms with Crippen LogP contribution in [-0.2, 0) is 0 Å². The van der Waals surface area contributed by atoms with E-state index in [1.165, 1.54) is 6.07 Å². The van der Waals surface area contributed by atoms with Crippen molar-refractivity contribution in [2.24, 2.45) is 0 Å². The molecule has 0 aliphatic heterocycles. The molecule has 0 atom stereocenters. The maximum absolute atomic E-state index is 13.9. The van der Waals surface area contributed by atoms with Crippen molar-refractivity contribution >= 4 is 0 Å². The van der Waals surface area contributed by atoms with Gasteiger partial charge in [-0.15, -0.1) is 6.42 Å². The van der Waals surface area contributed by atoms with Gasteiger partial charge < -0.3 is 0 Å². The van der Waals surface area contributed by atoms with Crippen LogP contribution in [-0.4, -0.2) is 0 Å². The fraction of sp³-hybridized carbons (Fsp3) is 0.125. The zero-order chi connectivity index (χ0) is 12.4. The number of benzene rings is 2. The average Bonchev–Trinajstić information content (AvgIpc) is 2.31. The summed E-state index contributed by atoms with van der Waals surface area (Å²) in [5.74, 6) is 2.30. The molecule has 0 heterocycles. The second-order valence-electron chi connectivity index (χ2n) is 4.11. The molecule has 84 valence electrons. The molecule has 0 amide bonds. The number of hydrogen-bond donors (Lipinski definition) is 0. The highest BCUT2D eigenvalue weighted by Gasteiger charge is 2.10. The molecule has 0 unspecified atom stereocenters. The maximum atomic E-state index is 13.9. The molecule has 0 aromatic heterocycles. The molecule has 0 fully saturated rings. The number of rotatable bonds is 1. The minimum absolute atomic E-state index is 0.235. The third-order valence-electron chi connectivity index (χ3n) is 2.88. The molecule has 0 saturated carbocycles. The topological polar surface area (TPSA) is 0 Å². The van der Waals surface area contributed by atoms with Crippen LogP contribution in [0.1, 0.15) is 16.7 Å². The van der Waals surface area contributed by atoms with Crippen molar-refractivity contribution in [2.75, 3.05) is 0 Å². The largest absolute Gasteiger partial charge is 0.206 e. The molecule has 0 saturated heterocycles. The lowest BCUT2D eigenvalue weighted by Crippen LogP contribution is -1.92. The van der Waals surface area contributed by atoms with Crippen LogP contribution in [0.5, 0.6) is 0 Å². The first-order valence-electron chi connectivity index (χ1n) is 5.46. The van der Waals surface area contributed by atoms with Crippen molar-refractivity contribution in [1.82, 2.24) is 0 Å². The van der Waals surface area contributed by atoms with Gasteiger partial charge in [-0.05, 0) is 48.7 Å². The third kappa shape index (κ3) is 2.07. The summed E-state index contributed by atoms with van der Waals surface area (Å²) < 4.78 is 13.9. The van der Waals surface area contributed by atoms with Crippen LogP contribution in [0.3, 0.4) is 0 Å². The van der Waals surface area contributed by atoms with Crippen molar-refractivity contribution in [3.63, 3.8) is 0 Å². The van der Waals surface area contributed by atoms with E-state index >= 15 is 0 Å². The second kappa shape index (κ2) is 4.43. The number of hydrogen-bond acceptors (Lipinski definition) is 0. The van der Waals surface area contributed by atoms with Crippen molar-refractivity contribution in [1.29, 1.82) is 0 Å². The van der Waals surface area contributed by atoms with E-state index < -0.39 is 0 Å². The molecule has 0 spiro atoms. The van der Waals surface area contributed by atoms with Gasteiger partial charge in [0.25, 0.3) is 0 Å². The Morgan fingerprint density at radius 1 is 1.06 bits per heavy atom. The van der Waals surface area contributed by atoms with E-state index in [-0.39, 0.29) is 5.82 Å². The van der Waals surface area contributed by atoms with Gasteiger partial charge in [0.1, 0.15) is 5.82 Å². The first-order chi connectivity index (χ1) is 8.13. The fourth-order valence-corrected chi connectivity index (χ4v) is 2.05. The second-order valence-corrected chi connectivity index (χ2v) is 4.11. The summed E-state index contributed by atoms with van der Waals surface area (Å²) in [6, 6.07) is 10.7. The minimum atomic E-state index is -0.235. The molecule has 2 aromatic rings. The highest BCUT2D eigenvalue weighted by atomic mass is 19.1. The molecule has 2 rings (SSSR count). The Labute approximate surface area is 101 Å². The van der Waals surface area contributed by atoms with Crippen LogP contribution in [0, 0.1) is 32.0 Å². The first-order valence-corrected chi connectivity index (χ1v) is 5.46. The summed E-state index contributed by atoms with van der Waals surface area (Å²) in [7, 11) is 0. The Morgan fingerprint density at radius 2 is 1.71 bits per heavy atom. The molecular formula is C16H13F. The predicted molar refractivity (Wildman–Crippen MR) is 69.2 cm³/mol. The molecule has 0 aliphatic rings. The molecule has 17 heavy (non-hydrogen) atoms. The molecule has 1 heteroatoms. The van der Waals surface area contributed by atoms with E-state index in [1.54, 1.807) is 12.1 Å². The Hall–Kier alpha value is -2.07. The Balaban J connectivity index is 2.73. The van der Waals surface area contributed by atoms with Crippen molar-refractivity contribution in [3.8, 4) is 23.5 Å². The van der Waals surface area contributed by atoms with Gasteiger partial charge in [-0.1, -0.05) is 24.1 Å². The molecule has 0 bridgehead atoms. The summed E-state index contributed by atoms with van der Waals surface area (Å²) in [6.45, 7) is 3.95. The summed E-state index contributed by atoms with van der Waals surface area (Å²) >= 11 is 0. The Kier molecular flexibility index (Phi) is 2.97. The number of aryl methyl sites for hydroxylation is 2. The van der Waals surface area contributed by atoms with E-state index in [2.05, 4.69) is 5.92 Å². The van der Waals surface area contributed by atoms with Crippen LogP contribution in [0.2, 0.25) is 0 Å². The monoisotopic (exact) mass is 224 g/mol. The quantitative estimate of drug-likeness (QED) is 0.640. The number of terminal acetylenes is 1. The van der Waals surface area contributed by atoms with Crippen molar-refractivity contribution < 1.29 is 4.39 Å². The lowest BCUT2D eigenvalue weighted by atomic mass is 9.94. The van der Waals surface area contributed by atoms with E-state index in [0.717, 1.165) is 16.7 Å². The van der Waals surface area contributed by atoms with Gasteiger partial charge in [0, 0.05) is 11.1 Å². The highest BCUT2D eigenvalue weighted by Crippen LogP contribution is 2.29. The first kappa shape index (κ1) is 11.4. The SMILES string of the molecule is C#Cc1ccc(F)c(-c2c(C)cccc2C)c1. The van der Waals surface area contributed by atoms with Gasteiger partial charge in [0.05, 0.1) is 0 Å². The van der Waals surface area contributed by atoms with Crippen LogP contribution in [0.25, 0.3) is 11.1 Å². The highest BCUT2D eigenvalue weighted by molar-refractivity contribution is 5.72. The van der Waals surface area contributed by atoms with Crippen LogP contribution >= 0.6 is 0 Å². The van der Waals surface area contributed by atoms with E-state index in [4.69, 9.17) is 6.42 Å². The normalized spacial score (nSPS) is 10.0. The van der Waals surface area contributed by atoms with Crippen LogP contribution in [0.15, 0.2) is 36.4 Å². The molecule has 0 aliphatic carbocycles. The molecule has 0 N–H and O–H groups in total. The third-order valence-corrected chi connectivity index (χ3v) is 2.88. The number of halogens is 1. The Morgan fingerprint density at radius 3 is 2.29 bits per heavy atom. The Bertz CT molecular complexity index is 583. The summed E-state index contributed by atoms with van der Waals surface area (Å²) in [4.78, 5) is 0. The van der Waals surface area contributed by atoms with Crippen molar-refractivity contribution in [3.05, 3.63) is 58.9 Å². The lowest BCUT2D eigenvalue weighted by molar-refractivity contribution is 0.631. The summed E-state index contributed by atoms with van der Waals surface area (Å²) in [6.07, 6.45) is 5.35. The fourth-order valence-electron chi connectivity index (χ4n) is 2.05. The molecular weight excluding hydrogens is 211 g/mol. The zero-order valence-corrected chi connectivity index (χ0v) is 9.92. The average molecular weight is 224 g/mol. The summed E-state index contributed by atoms with van der Waals surface area (Å²) in [5, 5.41) is 0. The van der Waals surface area contributed by atoms with Crippen LogP contribution < -0.4 is 0 Å². The predicted octanol–water partition coefficient (Wildman–Crippen LogP) is 4.09. The van der Waals surface area contributed by atoms with Gasteiger partial charge >= 0.3 is 0 Å². The smallest absolute Gasteiger partial charge is 0.131 e. The zero-order valence-electron chi connectivity index (χ0n) is 9.92. The van der Waals surface area contributed by atoms with Gasteiger partial charge in [0.2, 0.25) is 0 Å². The van der Waals surface area contributed by atoms with Crippen molar-refractivity contribution in [2.45, 2.75) is 13.8 Å². The van der Waals surface area contributed by atoms with E-state index in [0.29, 0.717) is 11.1 Å². The minimum Gasteiger partial charge on any atom is -0.206 e.